The van der Waals surface area contributed by atoms with E-state index in [0.29, 0.717) is 17.9 Å². The number of rotatable bonds is 7. The summed E-state index contributed by atoms with van der Waals surface area (Å²) in [6, 6.07) is 0.489. The molecular weight excluding hydrogens is 327 g/mol. The van der Waals surface area contributed by atoms with Gasteiger partial charge in [-0.3, -0.25) is 9.89 Å². The molecule has 1 unspecified atom stereocenters. The van der Waals surface area contributed by atoms with Crippen molar-refractivity contribution in [2.45, 2.75) is 40.7 Å². The Balaban J connectivity index is 0. The lowest BCUT2D eigenvalue weighted by atomic mass is 10.2. The van der Waals surface area contributed by atoms with Crippen molar-refractivity contribution in [1.82, 2.24) is 10.2 Å². The van der Waals surface area contributed by atoms with E-state index in [9.17, 15) is 0 Å². The summed E-state index contributed by atoms with van der Waals surface area (Å²) < 4.78 is 0. The minimum atomic E-state index is 0. The number of nitrogens with one attached hydrogen (secondary N) is 1. The number of nitrogens with zero attached hydrogens (tertiary/aromatic N) is 2. The van der Waals surface area contributed by atoms with Gasteiger partial charge in [0.1, 0.15) is 0 Å². The van der Waals surface area contributed by atoms with E-state index in [4.69, 9.17) is 5.73 Å². The maximum absolute atomic E-state index is 5.77. The molecule has 4 nitrogen and oxygen atoms in total. The van der Waals surface area contributed by atoms with Crippen molar-refractivity contribution >= 4 is 29.9 Å². The number of aliphatic imine (C=N–C) groups is 1. The van der Waals surface area contributed by atoms with Crippen LogP contribution in [0.15, 0.2) is 4.99 Å². The standard InChI is InChI=1S/C12H28N4.HI/c1-6-16(7-2)11(5)9-15-12(13)14-8-10(3)4;/h10-11H,6-9H2,1-5H3,(H3,13,14,15);1H. The maximum Gasteiger partial charge on any atom is 0.188 e. The first-order valence-electron chi connectivity index (χ1n) is 6.29. The normalized spacial score (nSPS) is 13.7. The van der Waals surface area contributed by atoms with Crippen LogP contribution in [0.25, 0.3) is 0 Å². The number of hydrogen-bond acceptors (Lipinski definition) is 2. The first kappa shape index (κ1) is 19.3. The van der Waals surface area contributed by atoms with Gasteiger partial charge in [-0.1, -0.05) is 27.7 Å². The average molecular weight is 356 g/mol. The Hall–Kier alpha value is -0.0400. The second kappa shape index (κ2) is 11.1. The molecule has 3 N–H and O–H groups in total. The van der Waals surface area contributed by atoms with E-state index in [0.717, 1.165) is 26.2 Å². The minimum absolute atomic E-state index is 0. The number of likely N-dealkylation sites (N-methyl/N-ethyl adjacent to an activating group) is 1. The monoisotopic (exact) mass is 356 g/mol. The zero-order valence-electron chi connectivity index (χ0n) is 11.9. The number of nitrogens with two attached hydrogens (primary N) is 1. The van der Waals surface area contributed by atoms with Crippen LogP contribution in [0.5, 0.6) is 0 Å². The van der Waals surface area contributed by atoms with Gasteiger partial charge in [-0.25, -0.2) is 0 Å². The van der Waals surface area contributed by atoms with Crippen LogP contribution < -0.4 is 11.1 Å². The van der Waals surface area contributed by atoms with E-state index in [-0.39, 0.29) is 24.0 Å². The van der Waals surface area contributed by atoms with Crippen LogP contribution in [0.3, 0.4) is 0 Å². The molecule has 0 bridgehead atoms. The molecule has 0 saturated carbocycles. The molecule has 0 radical (unpaired) electrons. The van der Waals surface area contributed by atoms with E-state index in [1.165, 1.54) is 0 Å². The minimum Gasteiger partial charge on any atom is -0.370 e. The average Bonchev–Trinajstić information content (AvgIpc) is 2.25. The van der Waals surface area contributed by atoms with Crippen molar-refractivity contribution in [2.24, 2.45) is 16.6 Å². The summed E-state index contributed by atoms with van der Waals surface area (Å²) in [5, 5.41) is 3.17. The molecule has 0 spiro atoms. The molecule has 0 aliphatic carbocycles. The van der Waals surface area contributed by atoms with Crippen LogP contribution >= 0.6 is 24.0 Å². The predicted octanol–water partition coefficient (Wildman–Crippen LogP) is 1.90. The van der Waals surface area contributed by atoms with E-state index in [1.807, 2.05) is 0 Å². The van der Waals surface area contributed by atoms with Gasteiger partial charge in [-0.05, 0) is 25.9 Å². The summed E-state index contributed by atoms with van der Waals surface area (Å²) in [5.74, 6) is 1.12. The molecule has 0 aromatic carbocycles. The zero-order valence-corrected chi connectivity index (χ0v) is 14.2. The van der Waals surface area contributed by atoms with Crippen LogP contribution in [0.1, 0.15) is 34.6 Å². The molecule has 0 heterocycles. The lowest BCUT2D eigenvalue weighted by molar-refractivity contribution is 0.232. The molecule has 0 aliphatic heterocycles. The molecule has 104 valence electrons. The molecule has 0 aromatic heterocycles. The fourth-order valence-electron chi connectivity index (χ4n) is 1.57. The maximum atomic E-state index is 5.77. The van der Waals surface area contributed by atoms with Crippen LogP contribution in [0.4, 0.5) is 0 Å². The highest BCUT2D eigenvalue weighted by Gasteiger charge is 2.09. The topological polar surface area (TPSA) is 53.6 Å². The highest BCUT2D eigenvalue weighted by atomic mass is 127. The van der Waals surface area contributed by atoms with E-state index in [2.05, 4.69) is 49.8 Å². The molecular formula is C12H29IN4. The Labute approximate surface area is 123 Å². The smallest absolute Gasteiger partial charge is 0.188 e. The molecule has 0 saturated heterocycles. The summed E-state index contributed by atoms with van der Waals surface area (Å²) in [4.78, 5) is 6.66. The molecule has 1 atom stereocenters. The van der Waals surface area contributed by atoms with Gasteiger partial charge in [0.2, 0.25) is 0 Å². The van der Waals surface area contributed by atoms with Gasteiger partial charge < -0.3 is 11.1 Å². The van der Waals surface area contributed by atoms with Gasteiger partial charge in [0.05, 0.1) is 0 Å². The Morgan fingerprint density at radius 3 is 2.18 bits per heavy atom. The third-order valence-corrected chi connectivity index (χ3v) is 2.64. The first-order chi connectivity index (χ1) is 7.51. The second-order valence-corrected chi connectivity index (χ2v) is 4.57. The summed E-state index contributed by atoms with van der Waals surface area (Å²) >= 11 is 0. The quantitative estimate of drug-likeness (QED) is 0.416. The van der Waals surface area contributed by atoms with Gasteiger partial charge in [0.15, 0.2) is 5.96 Å². The second-order valence-electron chi connectivity index (χ2n) is 4.57. The Morgan fingerprint density at radius 1 is 1.24 bits per heavy atom. The molecule has 0 aromatic rings. The Bertz CT molecular complexity index is 203. The number of guanidine groups is 1. The lowest BCUT2D eigenvalue weighted by Crippen LogP contribution is -2.44. The van der Waals surface area contributed by atoms with Gasteiger partial charge in [-0.15, -0.1) is 24.0 Å². The van der Waals surface area contributed by atoms with Crippen LogP contribution in [0, 0.1) is 5.92 Å². The molecule has 0 aliphatic rings. The van der Waals surface area contributed by atoms with E-state index in [1.54, 1.807) is 0 Å². The third kappa shape index (κ3) is 9.64. The number of halogens is 1. The Morgan fingerprint density at radius 2 is 1.76 bits per heavy atom. The highest BCUT2D eigenvalue weighted by Crippen LogP contribution is 1.96. The number of hydrogen-bond donors (Lipinski definition) is 2. The molecule has 0 fully saturated rings. The fourth-order valence-corrected chi connectivity index (χ4v) is 1.57. The van der Waals surface area contributed by atoms with Gasteiger partial charge >= 0.3 is 0 Å². The largest absolute Gasteiger partial charge is 0.370 e. The van der Waals surface area contributed by atoms with Gasteiger partial charge in [-0.2, -0.15) is 0 Å². The van der Waals surface area contributed by atoms with Gasteiger partial charge in [0, 0.05) is 19.1 Å². The summed E-state index contributed by atoms with van der Waals surface area (Å²) in [5.41, 5.74) is 5.77. The SMILES string of the molecule is CCN(CC)C(C)CNC(N)=NCC(C)C.I. The van der Waals surface area contributed by atoms with Crippen LogP contribution in [0.2, 0.25) is 0 Å². The molecule has 17 heavy (non-hydrogen) atoms. The zero-order chi connectivity index (χ0) is 12.6. The summed E-state index contributed by atoms with van der Waals surface area (Å²) in [7, 11) is 0. The van der Waals surface area contributed by atoms with Crippen molar-refractivity contribution in [3.8, 4) is 0 Å². The van der Waals surface area contributed by atoms with Crippen LogP contribution in [-0.4, -0.2) is 43.1 Å². The van der Waals surface area contributed by atoms with E-state index >= 15 is 0 Å². The molecule has 0 amide bonds. The lowest BCUT2D eigenvalue weighted by Gasteiger charge is -2.26. The van der Waals surface area contributed by atoms with Gasteiger partial charge in [0.25, 0.3) is 0 Å². The molecule has 5 heteroatoms. The highest BCUT2D eigenvalue weighted by molar-refractivity contribution is 14.0. The fraction of sp³-hybridized carbons (Fsp3) is 0.917. The summed E-state index contributed by atoms with van der Waals surface area (Å²) in [6.07, 6.45) is 0. The predicted molar refractivity (Wildman–Crippen MR) is 87.1 cm³/mol. The van der Waals surface area contributed by atoms with E-state index < -0.39 is 0 Å². The Kier molecular flexibility index (Phi) is 12.6. The first-order valence-corrected chi connectivity index (χ1v) is 6.29. The molecule has 0 rings (SSSR count). The summed E-state index contributed by atoms with van der Waals surface area (Å²) in [6.45, 7) is 14.6. The van der Waals surface area contributed by atoms with Crippen molar-refractivity contribution in [1.29, 1.82) is 0 Å². The van der Waals surface area contributed by atoms with Crippen molar-refractivity contribution in [2.75, 3.05) is 26.2 Å². The third-order valence-electron chi connectivity index (χ3n) is 2.64. The van der Waals surface area contributed by atoms with Crippen LogP contribution in [-0.2, 0) is 0 Å². The van der Waals surface area contributed by atoms with Crippen molar-refractivity contribution < 1.29 is 0 Å². The van der Waals surface area contributed by atoms with Crippen molar-refractivity contribution in [3.05, 3.63) is 0 Å². The van der Waals surface area contributed by atoms with Crippen molar-refractivity contribution in [3.63, 3.8) is 0 Å².